The number of amides is 1. The van der Waals surface area contributed by atoms with Gasteiger partial charge in [0.25, 0.3) is 0 Å². The molecule has 0 saturated heterocycles. The van der Waals surface area contributed by atoms with E-state index in [1.165, 1.54) is 19.3 Å². The van der Waals surface area contributed by atoms with Crippen LogP contribution < -0.4 is 11.1 Å². The largest absolute Gasteiger partial charge is 0.354 e. The normalized spacial score (nSPS) is 49.4. The Morgan fingerprint density at radius 3 is 2.28 bits per heavy atom. The Hall–Kier alpha value is -0.570. The fraction of sp³-hybridized carbons (Fsp3) is 0.933. The Balaban J connectivity index is 1.86. The maximum Gasteiger partial charge on any atom is 0.226 e. The van der Waals surface area contributed by atoms with Crippen molar-refractivity contribution in [3.05, 3.63) is 0 Å². The monoisotopic (exact) mass is 250 g/mol. The van der Waals surface area contributed by atoms with Gasteiger partial charge in [0.15, 0.2) is 0 Å². The molecule has 3 heteroatoms. The van der Waals surface area contributed by atoms with E-state index in [1.54, 1.807) is 0 Å². The van der Waals surface area contributed by atoms with E-state index in [4.69, 9.17) is 5.73 Å². The zero-order valence-electron chi connectivity index (χ0n) is 11.7. The molecule has 0 aliphatic heterocycles. The summed E-state index contributed by atoms with van der Waals surface area (Å²) >= 11 is 0. The van der Waals surface area contributed by atoms with Gasteiger partial charge in [0.2, 0.25) is 5.91 Å². The van der Waals surface area contributed by atoms with Gasteiger partial charge in [-0.05, 0) is 55.3 Å². The van der Waals surface area contributed by atoms with Gasteiger partial charge < -0.3 is 11.1 Å². The van der Waals surface area contributed by atoms with E-state index in [1.807, 2.05) is 0 Å². The minimum Gasteiger partial charge on any atom is -0.354 e. The van der Waals surface area contributed by atoms with Crippen molar-refractivity contribution in [2.75, 3.05) is 13.1 Å². The molecule has 4 saturated carbocycles. The zero-order valence-corrected chi connectivity index (χ0v) is 11.7. The molecule has 2 unspecified atom stereocenters. The lowest BCUT2D eigenvalue weighted by atomic mass is 9.40. The van der Waals surface area contributed by atoms with Crippen LogP contribution in [-0.4, -0.2) is 19.0 Å². The first-order valence-electron chi connectivity index (χ1n) is 7.37. The summed E-state index contributed by atoms with van der Waals surface area (Å²) < 4.78 is 0. The van der Waals surface area contributed by atoms with Gasteiger partial charge in [-0.25, -0.2) is 0 Å². The van der Waals surface area contributed by atoms with Crippen LogP contribution in [0.25, 0.3) is 0 Å². The number of rotatable bonds is 3. The van der Waals surface area contributed by atoms with E-state index >= 15 is 0 Å². The fourth-order valence-electron chi connectivity index (χ4n) is 6.07. The van der Waals surface area contributed by atoms with E-state index in [-0.39, 0.29) is 11.3 Å². The van der Waals surface area contributed by atoms with Crippen LogP contribution in [-0.2, 0) is 4.79 Å². The Labute approximate surface area is 110 Å². The molecule has 102 valence electrons. The first kappa shape index (κ1) is 12.5. The van der Waals surface area contributed by atoms with Crippen LogP contribution in [0.15, 0.2) is 0 Å². The maximum atomic E-state index is 12.6. The lowest BCUT2D eigenvalue weighted by molar-refractivity contribution is -0.170. The zero-order chi connectivity index (χ0) is 13.0. The number of nitrogens with one attached hydrogen (secondary N) is 1. The van der Waals surface area contributed by atoms with Gasteiger partial charge in [0.05, 0.1) is 5.41 Å². The second-order valence-corrected chi connectivity index (χ2v) is 7.95. The molecule has 0 spiro atoms. The first-order chi connectivity index (χ1) is 8.39. The third-order valence-corrected chi connectivity index (χ3v) is 5.54. The van der Waals surface area contributed by atoms with Crippen LogP contribution >= 0.6 is 0 Å². The summed E-state index contributed by atoms with van der Waals surface area (Å²) in [5.41, 5.74) is 6.26. The molecule has 4 bridgehead atoms. The standard InChI is InChI=1S/C15H26N2O/c1-13-5-11-6-14(2,8-13)10-15(7-11,9-13)12(18)17-4-3-16/h11H,3-10,16H2,1-2H3,(H,17,18). The molecule has 3 nitrogen and oxygen atoms in total. The summed E-state index contributed by atoms with van der Waals surface area (Å²) in [5, 5.41) is 3.06. The van der Waals surface area contributed by atoms with Crippen LogP contribution in [0.1, 0.15) is 52.4 Å². The number of nitrogens with two attached hydrogens (primary N) is 1. The molecule has 0 radical (unpaired) electrons. The first-order valence-corrected chi connectivity index (χ1v) is 7.37. The van der Waals surface area contributed by atoms with Crippen LogP contribution in [0.3, 0.4) is 0 Å². The summed E-state index contributed by atoms with van der Waals surface area (Å²) in [6.07, 6.45) is 7.32. The van der Waals surface area contributed by atoms with E-state index in [2.05, 4.69) is 19.2 Å². The average molecular weight is 250 g/mol. The van der Waals surface area contributed by atoms with Crippen LogP contribution in [0, 0.1) is 22.2 Å². The second kappa shape index (κ2) is 3.72. The molecule has 0 heterocycles. The number of hydrogen-bond donors (Lipinski definition) is 2. The van der Waals surface area contributed by atoms with Gasteiger partial charge in [-0.2, -0.15) is 0 Å². The van der Waals surface area contributed by atoms with Crippen LogP contribution in [0.5, 0.6) is 0 Å². The van der Waals surface area contributed by atoms with Crippen LogP contribution in [0.4, 0.5) is 0 Å². The molecule has 18 heavy (non-hydrogen) atoms. The summed E-state index contributed by atoms with van der Waals surface area (Å²) in [7, 11) is 0. The molecular weight excluding hydrogens is 224 g/mol. The van der Waals surface area contributed by atoms with Gasteiger partial charge in [-0.15, -0.1) is 0 Å². The number of carbonyl (C=O) groups is 1. The smallest absolute Gasteiger partial charge is 0.226 e. The molecule has 0 aromatic heterocycles. The van der Waals surface area contributed by atoms with Crippen molar-refractivity contribution in [2.45, 2.75) is 52.4 Å². The molecule has 4 fully saturated rings. The Bertz CT molecular complexity index is 361. The highest BCUT2D eigenvalue weighted by atomic mass is 16.2. The molecule has 0 aromatic rings. The molecule has 3 N–H and O–H groups in total. The molecule has 2 atom stereocenters. The van der Waals surface area contributed by atoms with E-state index in [9.17, 15) is 4.79 Å². The van der Waals surface area contributed by atoms with Gasteiger partial charge in [-0.1, -0.05) is 13.8 Å². The van der Waals surface area contributed by atoms with Gasteiger partial charge in [-0.3, -0.25) is 4.79 Å². The van der Waals surface area contributed by atoms with Crippen molar-refractivity contribution < 1.29 is 4.79 Å². The third kappa shape index (κ3) is 1.78. The van der Waals surface area contributed by atoms with Crippen LogP contribution in [0.2, 0.25) is 0 Å². The topological polar surface area (TPSA) is 55.1 Å². The van der Waals surface area contributed by atoms with E-state index in [0.29, 0.717) is 23.9 Å². The SMILES string of the molecule is CC12CC3CC(C)(C1)CC(C(=O)NCCN)(C3)C2. The minimum absolute atomic E-state index is 0.0713. The highest BCUT2D eigenvalue weighted by molar-refractivity contribution is 5.83. The summed E-state index contributed by atoms with van der Waals surface area (Å²) in [6.45, 7) is 5.97. The fourth-order valence-corrected chi connectivity index (χ4v) is 6.07. The molecular formula is C15H26N2O. The van der Waals surface area contributed by atoms with Crippen molar-refractivity contribution in [3.8, 4) is 0 Å². The highest BCUT2D eigenvalue weighted by Gasteiger charge is 2.62. The number of hydrogen-bond acceptors (Lipinski definition) is 2. The van der Waals surface area contributed by atoms with Gasteiger partial charge in [0, 0.05) is 13.1 Å². The summed E-state index contributed by atoms with van der Waals surface area (Å²) in [4.78, 5) is 12.6. The van der Waals surface area contributed by atoms with Crippen molar-refractivity contribution in [2.24, 2.45) is 27.9 Å². The second-order valence-electron chi connectivity index (χ2n) is 7.95. The molecule has 4 rings (SSSR count). The van der Waals surface area contributed by atoms with Gasteiger partial charge in [0.1, 0.15) is 0 Å². The Kier molecular flexibility index (Phi) is 2.58. The predicted octanol–water partition coefficient (Wildman–Crippen LogP) is 2.06. The molecule has 4 aliphatic rings. The molecule has 0 aromatic carbocycles. The molecule has 4 aliphatic carbocycles. The van der Waals surface area contributed by atoms with Crippen molar-refractivity contribution >= 4 is 5.91 Å². The van der Waals surface area contributed by atoms with Crippen molar-refractivity contribution in [3.63, 3.8) is 0 Å². The van der Waals surface area contributed by atoms with Crippen molar-refractivity contribution in [1.82, 2.24) is 5.32 Å². The quantitative estimate of drug-likeness (QED) is 0.805. The third-order valence-electron chi connectivity index (χ3n) is 5.54. The van der Waals surface area contributed by atoms with Gasteiger partial charge >= 0.3 is 0 Å². The summed E-state index contributed by atoms with van der Waals surface area (Å²) in [6, 6.07) is 0. The predicted molar refractivity (Wildman–Crippen MR) is 71.9 cm³/mol. The lowest BCUT2D eigenvalue weighted by Gasteiger charge is -2.64. The Morgan fingerprint density at radius 2 is 1.78 bits per heavy atom. The highest BCUT2D eigenvalue weighted by Crippen LogP contribution is 2.69. The average Bonchev–Trinajstić information content (AvgIpc) is 2.20. The van der Waals surface area contributed by atoms with E-state index in [0.717, 1.165) is 25.2 Å². The number of carbonyl (C=O) groups excluding carboxylic acids is 1. The molecule has 1 amide bonds. The van der Waals surface area contributed by atoms with E-state index < -0.39 is 0 Å². The lowest BCUT2D eigenvalue weighted by Crippen LogP contribution is -2.60. The maximum absolute atomic E-state index is 12.6. The minimum atomic E-state index is -0.0713. The Morgan fingerprint density at radius 1 is 1.17 bits per heavy atom. The van der Waals surface area contributed by atoms with Crippen molar-refractivity contribution in [1.29, 1.82) is 0 Å². The summed E-state index contributed by atoms with van der Waals surface area (Å²) in [5.74, 6) is 1.06.